The molecular formula is C16H12N3O3-. The number of para-hydroxylation sites is 1. The van der Waals surface area contributed by atoms with E-state index in [1.807, 2.05) is 24.3 Å². The zero-order chi connectivity index (χ0) is 15.7. The second-order valence-corrected chi connectivity index (χ2v) is 4.75. The Hall–Kier alpha value is -3.15. The van der Waals surface area contributed by atoms with Gasteiger partial charge in [0.05, 0.1) is 17.2 Å². The van der Waals surface area contributed by atoms with Gasteiger partial charge in [-0.2, -0.15) is 0 Å². The Morgan fingerprint density at radius 2 is 1.77 bits per heavy atom. The molecule has 6 heteroatoms. The Balaban J connectivity index is 2.11. The fourth-order valence-electron chi connectivity index (χ4n) is 2.30. The molecule has 0 fully saturated rings. The minimum absolute atomic E-state index is 0.0316. The maximum atomic E-state index is 11.1. The van der Waals surface area contributed by atoms with E-state index in [0.29, 0.717) is 5.69 Å². The summed E-state index contributed by atoms with van der Waals surface area (Å²) in [4.78, 5) is 11.1. The Labute approximate surface area is 126 Å². The monoisotopic (exact) mass is 294 g/mol. The summed E-state index contributed by atoms with van der Waals surface area (Å²) in [5.74, 6) is -1.35. The highest BCUT2D eigenvalue weighted by Gasteiger charge is 2.13. The molecule has 0 bridgehead atoms. The lowest BCUT2D eigenvalue weighted by molar-refractivity contribution is -0.254. The summed E-state index contributed by atoms with van der Waals surface area (Å²) in [5.41, 5.74) is 1.23. The van der Waals surface area contributed by atoms with E-state index < -0.39 is 5.97 Å². The number of rotatable bonds is 3. The van der Waals surface area contributed by atoms with Crippen molar-refractivity contribution in [1.82, 2.24) is 4.57 Å². The zero-order valence-electron chi connectivity index (χ0n) is 11.7. The standard InChI is InChI=1S/C16H13N3O3/c1-19-13-9-5-3-7-11(13)14(15(19)20)18-17-12-8-4-2-6-10(12)16(21)22/h2-9,20H,1H3,(H,21,22)/p-1. The Kier molecular flexibility index (Phi) is 3.34. The van der Waals surface area contributed by atoms with Gasteiger partial charge in [0.25, 0.3) is 0 Å². The van der Waals surface area contributed by atoms with Crippen molar-refractivity contribution in [2.75, 3.05) is 0 Å². The van der Waals surface area contributed by atoms with Crippen molar-refractivity contribution < 1.29 is 15.0 Å². The van der Waals surface area contributed by atoms with Gasteiger partial charge < -0.3 is 19.6 Å². The van der Waals surface area contributed by atoms with Crippen LogP contribution in [-0.2, 0) is 7.05 Å². The molecule has 0 aliphatic heterocycles. The van der Waals surface area contributed by atoms with E-state index in [1.54, 1.807) is 23.7 Å². The molecule has 22 heavy (non-hydrogen) atoms. The molecule has 0 atom stereocenters. The first-order chi connectivity index (χ1) is 10.6. The number of azo groups is 1. The molecule has 0 unspecified atom stereocenters. The van der Waals surface area contributed by atoms with Gasteiger partial charge in [-0.15, -0.1) is 10.2 Å². The summed E-state index contributed by atoms with van der Waals surface area (Å²) in [6, 6.07) is 13.5. The molecule has 110 valence electrons. The molecule has 1 heterocycles. The lowest BCUT2D eigenvalue weighted by Gasteiger charge is -2.04. The highest BCUT2D eigenvalue weighted by atomic mass is 16.4. The van der Waals surface area contributed by atoms with Crippen LogP contribution in [0, 0.1) is 0 Å². The molecule has 3 rings (SSSR count). The van der Waals surface area contributed by atoms with Crippen molar-refractivity contribution >= 4 is 28.2 Å². The third kappa shape index (κ3) is 2.20. The maximum absolute atomic E-state index is 11.1. The largest absolute Gasteiger partial charge is 0.545 e. The quantitative estimate of drug-likeness (QED) is 0.753. The number of carbonyl (C=O) groups is 1. The third-order valence-corrected chi connectivity index (χ3v) is 3.43. The molecule has 0 aliphatic carbocycles. The molecule has 6 nitrogen and oxygen atoms in total. The van der Waals surface area contributed by atoms with Gasteiger partial charge in [0, 0.05) is 18.0 Å². The number of carbonyl (C=O) groups excluding carboxylic acids is 1. The minimum Gasteiger partial charge on any atom is -0.545 e. The summed E-state index contributed by atoms with van der Waals surface area (Å²) < 4.78 is 1.59. The molecular weight excluding hydrogens is 282 g/mol. The lowest BCUT2D eigenvalue weighted by atomic mass is 10.2. The van der Waals surface area contributed by atoms with Crippen LogP contribution in [0.1, 0.15) is 10.4 Å². The second-order valence-electron chi connectivity index (χ2n) is 4.75. The SMILES string of the molecule is Cn1c(O)c(N=Nc2ccccc2C(=O)[O-])c2ccccc21. The highest BCUT2D eigenvalue weighted by Crippen LogP contribution is 2.38. The van der Waals surface area contributed by atoms with Crippen molar-refractivity contribution in [3.05, 3.63) is 54.1 Å². The molecule has 0 amide bonds. The maximum Gasteiger partial charge on any atom is 0.220 e. The van der Waals surface area contributed by atoms with E-state index in [9.17, 15) is 15.0 Å². The topological polar surface area (TPSA) is 90.0 Å². The first-order valence-electron chi connectivity index (χ1n) is 6.58. The first-order valence-corrected chi connectivity index (χ1v) is 6.58. The number of aryl methyl sites for hydroxylation is 1. The van der Waals surface area contributed by atoms with Crippen LogP contribution in [-0.4, -0.2) is 15.6 Å². The number of hydrogen-bond acceptors (Lipinski definition) is 5. The summed E-state index contributed by atoms with van der Waals surface area (Å²) in [5, 5.41) is 29.9. The Morgan fingerprint density at radius 3 is 2.55 bits per heavy atom. The number of hydrogen-bond donors (Lipinski definition) is 1. The predicted octanol–water partition coefficient (Wildman–Crippen LogP) is 2.66. The second kappa shape index (κ2) is 5.33. The van der Waals surface area contributed by atoms with Crippen LogP contribution in [0.4, 0.5) is 11.4 Å². The molecule has 0 spiro atoms. The zero-order valence-corrected chi connectivity index (χ0v) is 11.7. The van der Waals surface area contributed by atoms with Gasteiger partial charge in [0.2, 0.25) is 5.88 Å². The summed E-state index contributed by atoms with van der Waals surface area (Å²) in [6.45, 7) is 0. The Morgan fingerprint density at radius 1 is 1.09 bits per heavy atom. The van der Waals surface area contributed by atoms with Gasteiger partial charge in [0.15, 0.2) is 5.69 Å². The summed E-state index contributed by atoms with van der Waals surface area (Å²) in [6.07, 6.45) is 0. The number of nitrogens with zero attached hydrogens (tertiary/aromatic N) is 3. The van der Waals surface area contributed by atoms with E-state index in [1.165, 1.54) is 12.1 Å². The number of aromatic nitrogens is 1. The van der Waals surface area contributed by atoms with E-state index >= 15 is 0 Å². The molecule has 1 aromatic heterocycles. The molecule has 0 aliphatic rings. The summed E-state index contributed by atoms with van der Waals surface area (Å²) in [7, 11) is 1.71. The number of fused-ring (bicyclic) bond motifs is 1. The first kappa shape index (κ1) is 13.8. The molecule has 0 saturated carbocycles. The normalized spacial score (nSPS) is 11.3. The van der Waals surface area contributed by atoms with Crippen molar-refractivity contribution in [3.63, 3.8) is 0 Å². The molecule has 2 aromatic carbocycles. The van der Waals surface area contributed by atoms with Crippen LogP contribution < -0.4 is 5.11 Å². The lowest BCUT2D eigenvalue weighted by Crippen LogP contribution is -2.22. The van der Waals surface area contributed by atoms with E-state index in [-0.39, 0.29) is 17.1 Å². The van der Waals surface area contributed by atoms with Crippen LogP contribution in [0.25, 0.3) is 10.9 Å². The molecule has 0 saturated heterocycles. The van der Waals surface area contributed by atoms with E-state index in [4.69, 9.17) is 0 Å². The van der Waals surface area contributed by atoms with Crippen molar-refractivity contribution in [2.45, 2.75) is 0 Å². The summed E-state index contributed by atoms with van der Waals surface area (Å²) >= 11 is 0. The van der Waals surface area contributed by atoms with E-state index in [0.717, 1.165) is 10.9 Å². The number of carboxylic acid groups (broad SMARTS) is 1. The van der Waals surface area contributed by atoms with Crippen LogP contribution in [0.2, 0.25) is 0 Å². The number of benzene rings is 2. The van der Waals surface area contributed by atoms with Gasteiger partial charge >= 0.3 is 0 Å². The smallest absolute Gasteiger partial charge is 0.220 e. The predicted molar refractivity (Wildman–Crippen MR) is 79.5 cm³/mol. The molecule has 3 aromatic rings. The van der Waals surface area contributed by atoms with Crippen LogP contribution in [0.3, 0.4) is 0 Å². The Bertz CT molecular complexity index is 897. The fourth-order valence-corrected chi connectivity index (χ4v) is 2.30. The van der Waals surface area contributed by atoms with E-state index in [2.05, 4.69) is 10.2 Å². The van der Waals surface area contributed by atoms with Crippen LogP contribution in [0.5, 0.6) is 5.88 Å². The molecule has 1 N–H and O–H groups in total. The van der Waals surface area contributed by atoms with Crippen LogP contribution in [0.15, 0.2) is 58.8 Å². The fraction of sp³-hybridized carbons (Fsp3) is 0.0625. The number of aromatic carboxylic acids is 1. The number of carboxylic acids is 1. The van der Waals surface area contributed by atoms with Gasteiger partial charge in [-0.1, -0.05) is 36.4 Å². The third-order valence-electron chi connectivity index (χ3n) is 3.43. The molecule has 0 radical (unpaired) electrons. The number of aromatic hydroxyl groups is 1. The average molecular weight is 294 g/mol. The van der Waals surface area contributed by atoms with Crippen LogP contribution >= 0.6 is 0 Å². The average Bonchev–Trinajstić information content (AvgIpc) is 2.77. The van der Waals surface area contributed by atoms with Gasteiger partial charge in [-0.05, 0) is 12.1 Å². The van der Waals surface area contributed by atoms with Crippen molar-refractivity contribution in [1.29, 1.82) is 0 Å². The van der Waals surface area contributed by atoms with Crippen molar-refractivity contribution in [3.8, 4) is 5.88 Å². The van der Waals surface area contributed by atoms with Gasteiger partial charge in [-0.25, -0.2) is 0 Å². The minimum atomic E-state index is -1.32. The van der Waals surface area contributed by atoms with Gasteiger partial charge in [-0.3, -0.25) is 0 Å². The highest BCUT2D eigenvalue weighted by molar-refractivity contribution is 5.95. The van der Waals surface area contributed by atoms with Crippen molar-refractivity contribution in [2.24, 2.45) is 17.3 Å². The van der Waals surface area contributed by atoms with Gasteiger partial charge in [0.1, 0.15) is 0 Å².